The zero-order valence-electron chi connectivity index (χ0n) is 13.1. The lowest BCUT2D eigenvalue weighted by Gasteiger charge is -2.19. The molecule has 0 aliphatic carbocycles. The van der Waals surface area contributed by atoms with Gasteiger partial charge in [0.1, 0.15) is 11.4 Å². The molecule has 21 heavy (non-hydrogen) atoms. The molecule has 1 amide bonds. The van der Waals surface area contributed by atoms with Crippen LogP contribution in [0.5, 0.6) is 5.75 Å². The SMILES string of the molecule is COc1ccc(/C=C\C=C\CNC(=O)OC(C)(C)C)cc1. The number of rotatable bonds is 5. The van der Waals surface area contributed by atoms with Gasteiger partial charge in [0, 0.05) is 6.54 Å². The molecule has 0 saturated carbocycles. The van der Waals surface area contributed by atoms with Crippen molar-refractivity contribution in [2.45, 2.75) is 26.4 Å². The number of allylic oxidation sites excluding steroid dienone is 2. The Morgan fingerprint density at radius 1 is 1.19 bits per heavy atom. The maximum atomic E-state index is 11.4. The molecule has 0 radical (unpaired) electrons. The van der Waals surface area contributed by atoms with Gasteiger partial charge in [0.2, 0.25) is 0 Å². The maximum Gasteiger partial charge on any atom is 0.407 e. The van der Waals surface area contributed by atoms with E-state index in [1.807, 2.05) is 69.3 Å². The Hall–Kier alpha value is -2.23. The van der Waals surface area contributed by atoms with Crippen LogP contribution < -0.4 is 10.1 Å². The van der Waals surface area contributed by atoms with Crippen LogP contribution in [0, 0.1) is 0 Å². The van der Waals surface area contributed by atoms with Gasteiger partial charge in [-0.25, -0.2) is 4.79 Å². The standard InChI is InChI=1S/C17H23NO3/c1-17(2,3)21-16(19)18-13-7-5-6-8-14-9-11-15(20-4)12-10-14/h5-12H,13H2,1-4H3,(H,18,19)/b7-5+,8-6-. The fraction of sp³-hybridized carbons (Fsp3) is 0.353. The molecule has 0 aliphatic rings. The summed E-state index contributed by atoms with van der Waals surface area (Å²) in [5, 5.41) is 2.65. The van der Waals surface area contributed by atoms with E-state index in [2.05, 4.69) is 5.32 Å². The summed E-state index contributed by atoms with van der Waals surface area (Å²) in [7, 11) is 1.64. The zero-order chi connectivity index (χ0) is 15.7. The number of ether oxygens (including phenoxy) is 2. The van der Waals surface area contributed by atoms with E-state index < -0.39 is 11.7 Å². The van der Waals surface area contributed by atoms with Gasteiger partial charge in [-0.3, -0.25) is 0 Å². The highest BCUT2D eigenvalue weighted by Crippen LogP contribution is 2.12. The van der Waals surface area contributed by atoms with E-state index in [9.17, 15) is 4.79 Å². The number of nitrogens with one attached hydrogen (secondary N) is 1. The average Bonchev–Trinajstić information content (AvgIpc) is 2.41. The van der Waals surface area contributed by atoms with E-state index in [1.165, 1.54) is 0 Å². The monoisotopic (exact) mass is 289 g/mol. The van der Waals surface area contributed by atoms with Crippen LogP contribution in [0.15, 0.2) is 42.5 Å². The minimum absolute atomic E-state index is 0.411. The summed E-state index contributed by atoms with van der Waals surface area (Å²) < 4.78 is 10.2. The van der Waals surface area contributed by atoms with Crippen molar-refractivity contribution in [3.8, 4) is 5.75 Å². The molecule has 4 heteroatoms. The Morgan fingerprint density at radius 3 is 2.43 bits per heavy atom. The number of carbonyl (C=O) groups is 1. The molecule has 1 aromatic carbocycles. The van der Waals surface area contributed by atoms with Gasteiger partial charge in [-0.2, -0.15) is 0 Å². The third kappa shape index (κ3) is 7.82. The van der Waals surface area contributed by atoms with E-state index >= 15 is 0 Å². The molecule has 1 N–H and O–H groups in total. The maximum absolute atomic E-state index is 11.4. The van der Waals surface area contributed by atoms with Crippen LogP contribution in [-0.4, -0.2) is 25.3 Å². The second-order valence-corrected chi connectivity index (χ2v) is 5.44. The Bertz CT molecular complexity index is 496. The molecule has 0 aromatic heterocycles. The quantitative estimate of drug-likeness (QED) is 0.839. The fourth-order valence-electron chi connectivity index (χ4n) is 1.48. The van der Waals surface area contributed by atoms with Crippen molar-refractivity contribution >= 4 is 12.2 Å². The van der Waals surface area contributed by atoms with E-state index in [-0.39, 0.29) is 0 Å². The molecular weight excluding hydrogens is 266 g/mol. The van der Waals surface area contributed by atoms with Gasteiger partial charge in [0.25, 0.3) is 0 Å². The van der Waals surface area contributed by atoms with Crippen LogP contribution in [0.4, 0.5) is 4.79 Å². The van der Waals surface area contributed by atoms with Crippen LogP contribution in [-0.2, 0) is 4.74 Å². The third-order valence-electron chi connectivity index (χ3n) is 2.41. The number of alkyl carbamates (subject to hydrolysis) is 1. The molecule has 4 nitrogen and oxygen atoms in total. The van der Waals surface area contributed by atoms with Crippen LogP contribution >= 0.6 is 0 Å². The Labute approximate surface area is 126 Å². The van der Waals surface area contributed by atoms with Crippen molar-refractivity contribution in [2.24, 2.45) is 0 Å². The van der Waals surface area contributed by atoms with E-state index in [4.69, 9.17) is 9.47 Å². The second-order valence-electron chi connectivity index (χ2n) is 5.44. The third-order valence-corrected chi connectivity index (χ3v) is 2.41. The first-order valence-corrected chi connectivity index (χ1v) is 6.85. The summed E-state index contributed by atoms with van der Waals surface area (Å²) in [6.45, 7) is 5.93. The molecule has 114 valence electrons. The van der Waals surface area contributed by atoms with Crippen molar-refractivity contribution in [3.05, 3.63) is 48.1 Å². The highest BCUT2D eigenvalue weighted by atomic mass is 16.6. The molecule has 0 aliphatic heterocycles. The molecule has 0 saturated heterocycles. The average molecular weight is 289 g/mol. The summed E-state index contributed by atoms with van der Waals surface area (Å²) in [6.07, 6.45) is 7.21. The normalized spacial score (nSPS) is 11.8. The van der Waals surface area contributed by atoms with Gasteiger partial charge in [0.15, 0.2) is 0 Å². The molecule has 0 bridgehead atoms. The topological polar surface area (TPSA) is 47.6 Å². The first kappa shape index (κ1) is 16.8. The van der Waals surface area contributed by atoms with E-state index in [1.54, 1.807) is 7.11 Å². The second kappa shape index (κ2) is 8.15. The van der Waals surface area contributed by atoms with Gasteiger partial charge < -0.3 is 14.8 Å². The molecule has 0 fully saturated rings. The Kier molecular flexibility index (Phi) is 6.53. The van der Waals surface area contributed by atoms with Crippen LogP contribution in [0.1, 0.15) is 26.3 Å². The molecule has 1 aromatic rings. The van der Waals surface area contributed by atoms with Crippen molar-refractivity contribution < 1.29 is 14.3 Å². The summed E-state index contributed by atoms with van der Waals surface area (Å²) >= 11 is 0. The number of carbonyl (C=O) groups excluding carboxylic acids is 1. The number of hydrogen-bond acceptors (Lipinski definition) is 3. The molecule has 0 unspecified atom stereocenters. The fourth-order valence-corrected chi connectivity index (χ4v) is 1.48. The molecular formula is C17H23NO3. The number of benzene rings is 1. The zero-order valence-corrected chi connectivity index (χ0v) is 13.1. The van der Waals surface area contributed by atoms with E-state index in [0.29, 0.717) is 6.54 Å². The highest BCUT2D eigenvalue weighted by Gasteiger charge is 2.14. The van der Waals surface area contributed by atoms with Gasteiger partial charge in [0.05, 0.1) is 7.11 Å². The number of hydrogen-bond donors (Lipinski definition) is 1. The highest BCUT2D eigenvalue weighted by molar-refractivity contribution is 5.67. The molecule has 0 spiro atoms. The lowest BCUT2D eigenvalue weighted by Crippen LogP contribution is -2.32. The summed E-state index contributed by atoms with van der Waals surface area (Å²) in [5.41, 5.74) is 0.614. The van der Waals surface area contributed by atoms with Crippen LogP contribution in [0.2, 0.25) is 0 Å². The van der Waals surface area contributed by atoms with Gasteiger partial charge in [-0.05, 0) is 38.5 Å². The van der Waals surface area contributed by atoms with Crippen molar-refractivity contribution in [1.29, 1.82) is 0 Å². The van der Waals surface area contributed by atoms with Gasteiger partial charge in [-0.15, -0.1) is 0 Å². The van der Waals surface area contributed by atoms with Crippen molar-refractivity contribution in [1.82, 2.24) is 5.32 Å². The molecule has 0 heterocycles. The number of methoxy groups -OCH3 is 1. The predicted molar refractivity (Wildman–Crippen MR) is 85.4 cm³/mol. The van der Waals surface area contributed by atoms with Crippen molar-refractivity contribution in [3.63, 3.8) is 0 Å². The Morgan fingerprint density at radius 2 is 1.86 bits per heavy atom. The van der Waals surface area contributed by atoms with Gasteiger partial charge in [-0.1, -0.05) is 36.4 Å². The van der Waals surface area contributed by atoms with Crippen LogP contribution in [0.3, 0.4) is 0 Å². The lowest BCUT2D eigenvalue weighted by molar-refractivity contribution is 0.0534. The first-order valence-electron chi connectivity index (χ1n) is 6.85. The summed E-state index contributed by atoms with van der Waals surface area (Å²) in [4.78, 5) is 11.4. The smallest absolute Gasteiger partial charge is 0.407 e. The Balaban J connectivity index is 2.31. The minimum Gasteiger partial charge on any atom is -0.497 e. The first-order chi connectivity index (χ1) is 9.90. The van der Waals surface area contributed by atoms with Crippen molar-refractivity contribution in [2.75, 3.05) is 13.7 Å². The summed E-state index contributed by atoms with van der Waals surface area (Å²) in [6, 6.07) is 7.77. The predicted octanol–water partition coefficient (Wildman–Crippen LogP) is 3.79. The lowest BCUT2D eigenvalue weighted by atomic mass is 10.2. The van der Waals surface area contributed by atoms with Crippen LogP contribution in [0.25, 0.3) is 6.08 Å². The summed E-state index contributed by atoms with van der Waals surface area (Å²) in [5.74, 6) is 0.837. The molecule has 1 rings (SSSR count). The number of amides is 1. The molecule has 0 atom stereocenters. The minimum atomic E-state index is -0.470. The largest absolute Gasteiger partial charge is 0.497 e. The van der Waals surface area contributed by atoms with Gasteiger partial charge >= 0.3 is 6.09 Å². The van der Waals surface area contributed by atoms with E-state index in [0.717, 1.165) is 11.3 Å².